The van der Waals surface area contributed by atoms with Crippen molar-refractivity contribution in [3.05, 3.63) is 11.1 Å². The van der Waals surface area contributed by atoms with Crippen molar-refractivity contribution in [2.45, 2.75) is 33.6 Å². The Morgan fingerprint density at radius 1 is 1.55 bits per heavy atom. The lowest BCUT2D eigenvalue weighted by Gasteiger charge is -2.03. The van der Waals surface area contributed by atoms with Crippen LogP contribution in [-0.2, 0) is 0 Å². The highest BCUT2D eigenvalue weighted by molar-refractivity contribution is 8.02. The second-order valence-corrected chi connectivity index (χ2v) is 4.14. The van der Waals surface area contributed by atoms with Crippen molar-refractivity contribution >= 4 is 11.8 Å². The molecule has 11 heavy (non-hydrogen) atoms. The van der Waals surface area contributed by atoms with Gasteiger partial charge in [-0.1, -0.05) is 20.8 Å². The van der Waals surface area contributed by atoms with E-state index in [1.165, 1.54) is 12.2 Å². The SMILES string of the molecule is CCCS/C=C(\N)CC(C)C. The van der Waals surface area contributed by atoms with E-state index in [9.17, 15) is 0 Å². The molecular formula is C9H19NS. The summed E-state index contributed by atoms with van der Waals surface area (Å²) in [5.74, 6) is 1.85. The molecule has 66 valence electrons. The summed E-state index contributed by atoms with van der Waals surface area (Å²) in [6.45, 7) is 6.55. The van der Waals surface area contributed by atoms with Gasteiger partial charge >= 0.3 is 0 Å². The molecule has 0 unspecified atom stereocenters. The van der Waals surface area contributed by atoms with E-state index in [2.05, 4.69) is 26.2 Å². The lowest BCUT2D eigenvalue weighted by Crippen LogP contribution is -2.00. The second-order valence-electron chi connectivity index (χ2n) is 3.16. The summed E-state index contributed by atoms with van der Waals surface area (Å²) in [5.41, 5.74) is 6.78. The average molecular weight is 173 g/mol. The predicted octanol–water partition coefficient (Wildman–Crippen LogP) is 2.98. The summed E-state index contributed by atoms with van der Waals surface area (Å²) in [5, 5.41) is 2.09. The lowest BCUT2D eigenvalue weighted by molar-refractivity contribution is 0.639. The van der Waals surface area contributed by atoms with Gasteiger partial charge in [0.25, 0.3) is 0 Å². The quantitative estimate of drug-likeness (QED) is 0.647. The van der Waals surface area contributed by atoms with Crippen LogP contribution in [0.1, 0.15) is 33.6 Å². The molecule has 0 aromatic carbocycles. The first kappa shape index (κ1) is 10.9. The van der Waals surface area contributed by atoms with Crippen molar-refractivity contribution in [3.8, 4) is 0 Å². The monoisotopic (exact) mass is 173 g/mol. The van der Waals surface area contributed by atoms with Gasteiger partial charge in [0.05, 0.1) is 0 Å². The highest BCUT2D eigenvalue weighted by Crippen LogP contribution is 2.11. The minimum absolute atomic E-state index is 0.675. The Morgan fingerprint density at radius 3 is 2.64 bits per heavy atom. The minimum Gasteiger partial charge on any atom is -0.402 e. The molecule has 0 aliphatic rings. The van der Waals surface area contributed by atoms with Crippen LogP contribution in [0.15, 0.2) is 11.1 Å². The highest BCUT2D eigenvalue weighted by Gasteiger charge is 1.95. The highest BCUT2D eigenvalue weighted by atomic mass is 32.2. The normalized spacial score (nSPS) is 12.5. The van der Waals surface area contributed by atoms with Crippen molar-refractivity contribution in [3.63, 3.8) is 0 Å². The first-order valence-corrected chi connectivity index (χ1v) is 5.27. The summed E-state index contributed by atoms with van der Waals surface area (Å²) >= 11 is 1.82. The number of thioether (sulfide) groups is 1. The van der Waals surface area contributed by atoms with E-state index in [0.717, 1.165) is 12.1 Å². The van der Waals surface area contributed by atoms with Gasteiger partial charge in [-0.2, -0.15) is 0 Å². The molecule has 1 nitrogen and oxygen atoms in total. The lowest BCUT2D eigenvalue weighted by atomic mass is 10.1. The summed E-state index contributed by atoms with van der Waals surface area (Å²) in [6.07, 6.45) is 2.24. The summed E-state index contributed by atoms with van der Waals surface area (Å²) in [7, 11) is 0. The maximum absolute atomic E-state index is 5.76. The first-order valence-electron chi connectivity index (χ1n) is 4.23. The molecule has 0 aromatic rings. The molecule has 0 aliphatic heterocycles. The van der Waals surface area contributed by atoms with E-state index < -0.39 is 0 Å². The maximum Gasteiger partial charge on any atom is 0.0147 e. The van der Waals surface area contributed by atoms with Crippen LogP contribution in [0, 0.1) is 5.92 Å². The van der Waals surface area contributed by atoms with Gasteiger partial charge in [-0.25, -0.2) is 0 Å². The average Bonchev–Trinajstić information content (AvgIpc) is 1.86. The third-order valence-electron chi connectivity index (χ3n) is 1.20. The summed E-state index contributed by atoms with van der Waals surface area (Å²) in [6, 6.07) is 0. The molecule has 0 saturated carbocycles. The Bertz CT molecular complexity index is 119. The number of hydrogen-bond acceptors (Lipinski definition) is 2. The first-order chi connectivity index (χ1) is 5.16. The molecule has 0 fully saturated rings. The molecule has 2 heteroatoms. The molecule has 0 rings (SSSR count). The summed E-state index contributed by atoms with van der Waals surface area (Å²) < 4.78 is 0. The zero-order valence-corrected chi connectivity index (χ0v) is 8.58. The fourth-order valence-electron chi connectivity index (χ4n) is 0.803. The maximum atomic E-state index is 5.76. The zero-order valence-electron chi connectivity index (χ0n) is 7.76. The molecule has 0 atom stereocenters. The van der Waals surface area contributed by atoms with Gasteiger partial charge in [0.15, 0.2) is 0 Å². The third-order valence-corrected chi connectivity index (χ3v) is 2.31. The van der Waals surface area contributed by atoms with Gasteiger partial charge in [0, 0.05) is 5.70 Å². The Morgan fingerprint density at radius 2 is 2.18 bits per heavy atom. The fourth-order valence-corrected chi connectivity index (χ4v) is 1.47. The molecule has 0 spiro atoms. The molecule has 0 radical (unpaired) electrons. The minimum atomic E-state index is 0.675. The van der Waals surface area contributed by atoms with Crippen LogP contribution in [0.2, 0.25) is 0 Å². The van der Waals surface area contributed by atoms with E-state index in [-0.39, 0.29) is 0 Å². The number of nitrogens with two attached hydrogens (primary N) is 1. The van der Waals surface area contributed by atoms with Crippen LogP contribution in [0.4, 0.5) is 0 Å². The Hall–Kier alpha value is -0.110. The van der Waals surface area contributed by atoms with E-state index in [0.29, 0.717) is 5.92 Å². The zero-order chi connectivity index (χ0) is 8.69. The molecule has 0 aromatic heterocycles. The molecule has 0 heterocycles. The van der Waals surface area contributed by atoms with Crippen LogP contribution in [0.5, 0.6) is 0 Å². The number of rotatable bonds is 5. The van der Waals surface area contributed by atoms with E-state index in [1.54, 1.807) is 0 Å². The van der Waals surface area contributed by atoms with E-state index in [4.69, 9.17) is 5.73 Å². The van der Waals surface area contributed by atoms with E-state index in [1.807, 2.05) is 11.8 Å². The molecule has 0 bridgehead atoms. The Kier molecular flexibility index (Phi) is 6.52. The van der Waals surface area contributed by atoms with Crippen molar-refractivity contribution < 1.29 is 0 Å². The van der Waals surface area contributed by atoms with Gasteiger partial charge in [-0.15, -0.1) is 11.8 Å². The fraction of sp³-hybridized carbons (Fsp3) is 0.778. The van der Waals surface area contributed by atoms with Gasteiger partial charge in [-0.3, -0.25) is 0 Å². The molecule has 0 saturated heterocycles. The molecule has 0 aliphatic carbocycles. The molecule has 0 amide bonds. The molecule has 2 N–H and O–H groups in total. The second kappa shape index (κ2) is 6.59. The smallest absolute Gasteiger partial charge is 0.0147 e. The van der Waals surface area contributed by atoms with Gasteiger partial charge < -0.3 is 5.73 Å². The van der Waals surface area contributed by atoms with Gasteiger partial charge in [-0.05, 0) is 29.9 Å². The van der Waals surface area contributed by atoms with Gasteiger partial charge in [0.1, 0.15) is 0 Å². The third kappa shape index (κ3) is 7.79. The Labute approximate surface area is 74.4 Å². The van der Waals surface area contributed by atoms with Crippen molar-refractivity contribution in [1.82, 2.24) is 0 Å². The van der Waals surface area contributed by atoms with Crippen LogP contribution in [-0.4, -0.2) is 5.75 Å². The van der Waals surface area contributed by atoms with Crippen LogP contribution in [0.25, 0.3) is 0 Å². The van der Waals surface area contributed by atoms with Crippen LogP contribution in [0.3, 0.4) is 0 Å². The van der Waals surface area contributed by atoms with Crippen molar-refractivity contribution in [1.29, 1.82) is 0 Å². The van der Waals surface area contributed by atoms with Crippen LogP contribution < -0.4 is 5.73 Å². The largest absolute Gasteiger partial charge is 0.402 e. The molecular weight excluding hydrogens is 154 g/mol. The summed E-state index contributed by atoms with van der Waals surface area (Å²) in [4.78, 5) is 0. The standard InChI is InChI=1S/C9H19NS/c1-4-5-11-7-9(10)6-8(2)3/h7-8H,4-6,10H2,1-3H3/b9-7-. The van der Waals surface area contributed by atoms with Gasteiger partial charge in [0.2, 0.25) is 0 Å². The topological polar surface area (TPSA) is 26.0 Å². The Balaban J connectivity index is 3.46. The van der Waals surface area contributed by atoms with Crippen molar-refractivity contribution in [2.75, 3.05) is 5.75 Å². The van der Waals surface area contributed by atoms with Crippen molar-refractivity contribution in [2.24, 2.45) is 11.7 Å². The van der Waals surface area contributed by atoms with Crippen LogP contribution >= 0.6 is 11.8 Å². The van der Waals surface area contributed by atoms with E-state index >= 15 is 0 Å². The number of allylic oxidation sites excluding steroid dienone is 1. The predicted molar refractivity (Wildman–Crippen MR) is 54.5 cm³/mol. The number of hydrogen-bond donors (Lipinski definition) is 1.